The predicted octanol–water partition coefficient (Wildman–Crippen LogP) is 12.1. The minimum atomic E-state index is 0. The third-order valence-electron chi connectivity index (χ3n) is 6.74. The van der Waals surface area contributed by atoms with Crippen LogP contribution in [0.4, 0.5) is 11.4 Å². The van der Waals surface area contributed by atoms with E-state index in [-0.39, 0.29) is 74.7 Å². The van der Waals surface area contributed by atoms with Crippen LogP contribution in [0.1, 0.15) is 63.1 Å². The summed E-state index contributed by atoms with van der Waals surface area (Å²) in [4.78, 5) is 0. The molecule has 9 heteroatoms. The summed E-state index contributed by atoms with van der Waals surface area (Å²) in [5, 5.41) is 33.0. The molecule has 0 amide bonds. The van der Waals surface area contributed by atoms with Crippen LogP contribution >= 0.6 is 0 Å². The van der Waals surface area contributed by atoms with Gasteiger partial charge in [-0.25, -0.2) is 0 Å². The summed E-state index contributed by atoms with van der Waals surface area (Å²) in [6, 6.07) is 20.3. The number of phenolic OH excluding ortho intramolecular Hbond substituents is 2. The van der Waals surface area contributed by atoms with Crippen molar-refractivity contribution in [3.05, 3.63) is 153 Å². The summed E-state index contributed by atoms with van der Waals surface area (Å²) >= 11 is 0. The van der Waals surface area contributed by atoms with Crippen molar-refractivity contribution in [3.63, 3.8) is 0 Å². The zero-order valence-corrected chi connectivity index (χ0v) is 37.4. The first-order valence-corrected chi connectivity index (χ1v) is 15.0. The number of aromatic hydroxyl groups is 2. The smallest absolute Gasteiger partial charge is 0.680 e. The van der Waals surface area contributed by atoms with Crippen LogP contribution in [0.5, 0.6) is 11.5 Å². The second-order valence-electron chi connectivity index (χ2n) is 10.7. The van der Waals surface area contributed by atoms with Crippen LogP contribution in [0.3, 0.4) is 0 Å². The number of rotatable bonds is 6. The van der Waals surface area contributed by atoms with Crippen molar-refractivity contribution < 1.29 is 62.6 Å². The molecule has 4 rings (SSSR count). The van der Waals surface area contributed by atoms with Crippen molar-refractivity contribution in [1.82, 2.24) is 0 Å². The normalized spacial score (nSPS) is 8.60. The number of nitrogens with one attached hydrogen (secondary N) is 1. The van der Waals surface area contributed by atoms with Crippen molar-refractivity contribution in [1.29, 1.82) is 0 Å². The van der Waals surface area contributed by atoms with Gasteiger partial charge >= 0.3 is 52.4 Å². The number of aryl methyl sites for hydroxylation is 8. The number of nitrogens with two attached hydrogens (primary N) is 1. The second-order valence-corrected chi connectivity index (χ2v) is 10.7. The minimum Gasteiger partial charge on any atom is -0.680 e. The van der Waals surface area contributed by atoms with Gasteiger partial charge in [0, 0.05) is 0 Å². The van der Waals surface area contributed by atoms with E-state index in [1.807, 2.05) is 64.1 Å². The molecule has 0 aliphatic carbocycles. The Morgan fingerprint density at radius 2 is 0.800 bits per heavy atom. The molecule has 0 saturated heterocycles. The number of nitrogens with zero attached hydrogens (tertiary/aromatic N) is 3. The number of para-hydroxylation sites is 2. The van der Waals surface area contributed by atoms with Crippen molar-refractivity contribution in [2.24, 2.45) is 5.73 Å². The Morgan fingerprint density at radius 3 is 1.04 bits per heavy atom. The second kappa shape index (κ2) is 32.6. The molecule has 0 saturated carbocycles. The van der Waals surface area contributed by atoms with Gasteiger partial charge in [0.2, 0.25) is 0 Å². The number of phenols is 2. The average Bonchev–Trinajstić information content (AvgIpc) is 3.00. The summed E-state index contributed by atoms with van der Waals surface area (Å²) in [5.74, 6) is 0.723. The number of hydrogen-bond donors (Lipinski definition) is 3. The van der Waals surface area contributed by atoms with E-state index in [0.29, 0.717) is 24.6 Å². The van der Waals surface area contributed by atoms with E-state index < -0.39 is 0 Å². The third-order valence-corrected chi connectivity index (χ3v) is 6.74. The van der Waals surface area contributed by atoms with Crippen LogP contribution in [0.15, 0.2) is 60.7 Å². The molecular weight excluding hydrogens is 777 g/mol. The summed E-state index contributed by atoms with van der Waals surface area (Å²) in [7, 11) is 6.25. The zero-order valence-electron chi connectivity index (χ0n) is 32.5. The quantitative estimate of drug-likeness (QED) is 0.167. The van der Waals surface area contributed by atoms with Crippen LogP contribution in [-0.4, -0.2) is 38.4 Å². The van der Waals surface area contributed by atoms with E-state index in [2.05, 4.69) is 73.6 Å². The van der Waals surface area contributed by atoms with E-state index >= 15 is 0 Å². The molecule has 0 atom stereocenters. The van der Waals surface area contributed by atoms with Gasteiger partial charge in [0.25, 0.3) is 0 Å². The van der Waals surface area contributed by atoms with Crippen LogP contribution < -0.4 is 5.73 Å². The number of benzene rings is 4. The molecule has 4 aromatic carbocycles. The first-order chi connectivity index (χ1) is 21.4. The molecule has 0 unspecified atom stereocenters. The molecule has 50 heavy (non-hydrogen) atoms. The first-order valence-electron chi connectivity index (χ1n) is 15.0. The molecule has 274 valence electrons. The molecule has 0 spiro atoms. The van der Waals surface area contributed by atoms with E-state index in [1.54, 1.807) is 14.1 Å². The van der Waals surface area contributed by atoms with Crippen LogP contribution in [0, 0.1) is 70.2 Å². The third kappa shape index (κ3) is 19.9. The van der Waals surface area contributed by atoms with Gasteiger partial charge in [-0.15, -0.1) is 24.5 Å². The maximum absolute atomic E-state index is 10.1. The first kappa shape index (κ1) is 59.8. The Kier molecular flexibility index (Phi) is 39.0. The Hall–Kier alpha value is -2.27. The van der Waals surface area contributed by atoms with Gasteiger partial charge in [0.05, 0.1) is 0 Å². The molecule has 0 aliphatic rings. The minimum absolute atomic E-state index is 0. The zero-order chi connectivity index (χ0) is 34.7. The molecule has 7 nitrogen and oxygen atoms in total. The molecule has 0 aliphatic heterocycles. The van der Waals surface area contributed by atoms with Crippen LogP contribution in [0.25, 0.3) is 21.7 Å². The molecule has 0 heterocycles. The molecule has 0 bridgehead atoms. The number of hydrogen-bond acceptors (Lipinski definition) is 3. The van der Waals surface area contributed by atoms with Gasteiger partial charge in [0.1, 0.15) is 11.5 Å². The van der Waals surface area contributed by atoms with Gasteiger partial charge in [-0.05, 0) is 84.7 Å². The molecule has 0 aromatic heterocycles. The molecule has 0 fully saturated rings. The maximum atomic E-state index is 10.1. The van der Waals surface area contributed by atoms with Crippen molar-refractivity contribution in [3.8, 4) is 11.5 Å². The van der Waals surface area contributed by atoms with Gasteiger partial charge in [-0.2, -0.15) is 21.1 Å². The fourth-order valence-corrected chi connectivity index (χ4v) is 4.78. The van der Waals surface area contributed by atoms with Gasteiger partial charge < -0.3 is 52.5 Å². The summed E-state index contributed by atoms with van der Waals surface area (Å²) in [6.45, 7) is 17.2. The Bertz CT molecular complexity index is 1310. The largest absolute Gasteiger partial charge is 4.00 e. The van der Waals surface area contributed by atoms with Crippen molar-refractivity contribution in [2.75, 3.05) is 28.2 Å². The van der Waals surface area contributed by atoms with Gasteiger partial charge in [-0.3, -0.25) is 0 Å². The van der Waals surface area contributed by atoms with E-state index in [9.17, 15) is 10.2 Å². The van der Waals surface area contributed by atoms with E-state index in [1.165, 1.54) is 36.3 Å². The maximum Gasteiger partial charge on any atom is 4.00 e. The molecular formula is C41H65N5O2Zr2. The van der Waals surface area contributed by atoms with Gasteiger partial charge in [0.15, 0.2) is 0 Å². The Labute approximate surface area is 345 Å². The van der Waals surface area contributed by atoms with Crippen LogP contribution in [0.2, 0.25) is 0 Å². The van der Waals surface area contributed by atoms with Gasteiger partial charge in [-0.1, -0.05) is 101 Å². The monoisotopic (exact) mass is 839 g/mol. The summed E-state index contributed by atoms with van der Waals surface area (Å²) in [5.41, 5.74) is 22.9. The average molecular weight is 842 g/mol. The molecule has 4 aromatic rings. The van der Waals surface area contributed by atoms with E-state index in [0.717, 1.165) is 44.8 Å². The fraction of sp³-hybridized carbons (Fsp3) is 0.366. The molecule has 0 radical (unpaired) electrons. The molecule has 5 N–H and O–H groups in total. The van der Waals surface area contributed by atoms with Crippen molar-refractivity contribution >= 4 is 11.4 Å². The summed E-state index contributed by atoms with van der Waals surface area (Å²) in [6.07, 6.45) is 0. The Morgan fingerprint density at radius 1 is 0.560 bits per heavy atom. The van der Waals surface area contributed by atoms with E-state index in [4.69, 9.17) is 5.73 Å². The summed E-state index contributed by atoms with van der Waals surface area (Å²) < 4.78 is 0. The SMILES string of the molecule is C.CN.C[N-]C.C[NH-].Cc1cc(C)c(O)c(C[N-]c2c(C)cccc2C)c1.Cc1cc(C)c(O)c(C[N-]c2c(C)cccc2C)c1.[CH3-].[CH3-].[Zr+2].[Zr+4]. The topological polar surface area (TPSA) is 133 Å². The van der Waals surface area contributed by atoms with Crippen LogP contribution in [-0.2, 0) is 65.5 Å². The standard InChI is InChI=1S/2C17H20NO.C2H6N.CH5N.CH4N.CH4.2CH3.2Zr/c2*1-11-8-14(4)17(19)15(9-11)10-18-16-12(2)6-5-7-13(16)3;1-3-2;2*1-2;;;;;/h2*5-9,19H,10H2,1-4H3;1-2H3;2H2,1H3;2H,1H3;1H4;2*1H3;;/q3*-1;;-1;;2*-1;+2;+4. The van der Waals surface area contributed by atoms with Crippen molar-refractivity contribution in [2.45, 2.75) is 75.9 Å². The fourth-order valence-electron chi connectivity index (χ4n) is 4.78. The predicted molar refractivity (Wildman–Crippen MR) is 216 cm³/mol. The Balaban J connectivity index is -0.000000151.